The smallest absolute Gasteiger partial charge is 0.342 e. The first-order valence-electron chi connectivity index (χ1n) is 7.66. The van der Waals surface area contributed by atoms with Gasteiger partial charge in [0.25, 0.3) is 0 Å². The van der Waals surface area contributed by atoms with Crippen molar-refractivity contribution in [1.82, 2.24) is 9.62 Å². The number of hydrogen-bond acceptors (Lipinski definition) is 6. The van der Waals surface area contributed by atoms with Gasteiger partial charge in [0.2, 0.25) is 10.0 Å². The molecule has 1 saturated heterocycles. The van der Waals surface area contributed by atoms with Crippen LogP contribution in [0.25, 0.3) is 0 Å². The first-order chi connectivity index (χ1) is 10.8. The summed E-state index contributed by atoms with van der Waals surface area (Å²) in [5, 5.41) is 3.12. The van der Waals surface area contributed by atoms with Gasteiger partial charge in [0.05, 0.1) is 7.11 Å². The second kappa shape index (κ2) is 8.33. The molecule has 1 aliphatic heterocycles. The summed E-state index contributed by atoms with van der Waals surface area (Å²) in [6.45, 7) is 4.89. The minimum atomic E-state index is -3.78. The van der Waals surface area contributed by atoms with E-state index in [1.807, 2.05) is 7.05 Å². The maximum Gasteiger partial charge on any atom is 0.342 e. The summed E-state index contributed by atoms with van der Waals surface area (Å²) >= 11 is 0. The number of sulfonamides is 1. The average Bonchev–Trinajstić information content (AvgIpc) is 2.82. The first-order valence-corrected chi connectivity index (χ1v) is 9.10. The van der Waals surface area contributed by atoms with Gasteiger partial charge in [-0.15, -0.1) is 12.4 Å². The zero-order valence-corrected chi connectivity index (χ0v) is 16.1. The predicted molar refractivity (Wildman–Crippen MR) is 92.2 cm³/mol. The van der Waals surface area contributed by atoms with Crippen LogP contribution in [0.3, 0.4) is 0 Å². The number of hydrogen-bond donors (Lipinski definition) is 1. The summed E-state index contributed by atoms with van der Waals surface area (Å²) in [5.41, 5.74) is 0.00217. The highest BCUT2D eigenvalue weighted by atomic mass is 35.5. The van der Waals surface area contributed by atoms with Gasteiger partial charge in [-0.3, -0.25) is 0 Å². The zero-order valence-electron chi connectivity index (χ0n) is 14.4. The molecule has 138 valence electrons. The quantitative estimate of drug-likeness (QED) is 0.782. The van der Waals surface area contributed by atoms with Crippen molar-refractivity contribution in [2.24, 2.45) is 5.92 Å². The van der Waals surface area contributed by atoms with Crippen molar-refractivity contribution in [3.63, 3.8) is 0 Å². The highest BCUT2D eigenvalue weighted by Crippen LogP contribution is 2.31. The number of ether oxygens (including phenoxy) is 1. The van der Waals surface area contributed by atoms with E-state index in [0.29, 0.717) is 19.0 Å². The van der Waals surface area contributed by atoms with E-state index in [2.05, 4.69) is 5.32 Å². The van der Waals surface area contributed by atoms with E-state index < -0.39 is 16.0 Å². The Labute approximate surface area is 149 Å². The lowest BCUT2D eigenvalue weighted by Gasteiger charge is -2.31. The summed E-state index contributed by atoms with van der Waals surface area (Å²) in [6.07, 6.45) is 1.59. The first kappa shape index (κ1) is 21.0. The lowest BCUT2D eigenvalue weighted by molar-refractivity contribution is 0.0594. The van der Waals surface area contributed by atoms with Crippen LogP contribution in [-0.4, -0.2) is 52.5 Å². The molecular weight excluding hydrogens is 356 g/mol. The molecule has 7 nitrogen and oxygen atoms in total. The van der Waals surface area contributed by atoms with E-state index in [1.165, 1.54) is 11.4 Å². The number of nitrogens with zero attached hydrogens (tertiary/aromatic N) is 1. The van der Waals surface area contributed by atoms with Crippen molar-refractivity contribution in [3.8, 4) is 0 Å². The number of nitrogens with one attached hydrogen (secondary N) is 1. The molecule has 0 unspecified atom stereocenters. The Balaban J connectivity index is 0.00000288. The third kappa shape index (κ3) is 3.93. The van der Waals surface area contributed by atoms with Gasteiger partial charge < -0.3 is 14.5 Å². The van der Waals surface area contributed by atoms with Crippen molar-refractivity contribution < 1.29 is 22.4 Å². The number of aryl methyl sites for hydroxylation is 2. The number of halogens is 1. The highest BCUT2D eigenvalue weighted by molar-refractivity contribution is 7.89. The van der Waals surface area contributed by atoms with E-state index in [1.54, 1.807) is 13.8 Å². The molecule has 0 saturated carbocycles. The van der Waals surface area contributed by atoms with E-state index >= 15 is 0 Å². The lowest BCUT2D eigenvalue weighted by atomic mass is 9.98. The molecule has 0 spiro atoms. The van der Waals surface area contributed by atoms with Gasteiger partial charge >= 0.3 is 5.97 Å². The van der Waals surface area contributed by atoms with Crippen LogP contribution in [0.2, 0.25) is 0 Å². The van der Waals surface area contributed by atoms with Crippen LogP contribution in [0, 0.1) is 19.8 Å². The molecule has 0 radical (unpaired) electrons. The van der Waals surface area contributed by atoms with Crippen molar-refractivity contribution in [2.45, 2.75) is 31.6 Å². The molecule has 2 heterocycles. The second-order valence-electron chi connectivity index (χ2n) is 5.82. The molecule has 1 N–H and O–H groups in total. The maximum absolute atomic E-state index is 13.0. The molecule has 24 heavy (non-hydrogen) atoms. The minimum Gasteiger partial charge on any atom is -0.465 e. The van der Waals surface area contributed by atoms with Gasteiger partial charge in [-0.05, 0) is 46.2 Å². The summed E-state index contributed by atoms with van der Waals surface area (Å²) < 4.78 is 37.5. The Hall–Kier alpha value is -1.09. The third-order valence-electron chi connectivity index (χ3n) is 4.26. The van der Waals surface area contributed by atoms with Crippen LogP contribution >= 0.6 is 12.4 Å². The van der Waals surface area contributed by atoms with Gasteiger partial charge in [-0.1, -0.05) is 0 Å². The Kier molecular flexibility index (Phi) is 7.27. The number of rotatable bonds is 5. The molecular formula is C15H25ClN2O5S. The standard InChI is InChI=1S/C15H24N2O5S.ClH/c1-10-13(15(18)21-4)14(11(2)22-10)23(19,20)17-7-5-12(6-8-17)9-16-3;/h12,16H,5-9H2,1-4H3;1H. The van der Waals surface area contributed by atoms with E-state index in [4.69, 9.17) is 9.15 Å². The summed E-state index contributed by atoms with van der Waals surface area (Å²) in [6, 6.07) is 0. The average molecular weight is 381 g/mol. The summed E-state index contributed by atoms with van der Waals surface area (Å²) in [5.74, 6) is 0.264. The van der Waals surface area contributed by atoms with Gasteiger partial charge in [0.1, 0.15) is 22.0 Å². The van der Waals surface area contributed by atoms with Gasteiger partial charge in [-0.2, -0.15) is 4.31 Å². The van der Waals surface area contributed by atoms with Gasteiger partial charge in [0, 0.05) is 13.1 Å². The number of furan rings is 1. The molecule has 1 aromatic rings. The fourth-order valence-electron chi connectivity index (χ4n) is 3.08. The monoisotopic (exact) mass is 380 g/mol. The Morgan fingerprint density at radius 2 is 1.88 bits per heavy atom. The Morgan fingerprint density at radius 1 is 1.29 bits per heavy atom. The molecule has 0 atom stereocenters. The van der Waals surface area contributed by atoms with Crippen LogP contribution in [0.4, 0.5) is 0 Å². The topological polar surface area (TPSA) is 88.9 Å². The van der Waals surface area contributed by atoms with Crippen LogP contribution in [0.1, 0.15) is 34.7 Å². The van der Waals surface area contributed by atoms with E-state index in [0.717, 1.165) is 19.4 Å². The Morgan fingerprint density at radius 3 is 2.38 bits per heavy atom. The third-order valence-corrected chi connectivity index (χ3v) is 6.31. The van der Waals surface area contributed by atoms with Crippen molar-refractivity contribution >= 4 is 28.4 Å². The molecule has 0 bridgehead atoms. The van der Waals surface area contributed by atoms with Crippen LogP contribution < -0.4 is 5.32 Å². The normalized spacial score (nSPS) is 16.7. The molecule has 1 aliphatic rings. The molecule has 0 aliphatic carbocycles. The molecule has 0 aromatic carbocycles. The largest absolute Gasteiger partial charge is 0.465 e. The highest BCUT2D eigenvalue weighted by Gasteiger charge is 2.37. The van der Waals surface area contributed by atoms with E-state index in [9.17, 15) is 13.2 Å². The SMILES string of the molecule is CNCC1CCN(S(=O)(=O)c2c(C)oc(C)c2C(=O)OC)CC1.Cl. The molecule has 1 aromatic heterocycles. The number of methoxy groups -OCH3 is 1. The Bertz CT molecular complexity index is 678. The fourth-order valence-corrected chi connectivity index (χ4v) is 4.92. The van der Waals surface area contributed by atoms with Crippen molar-refractivity contribution in [3.05, 3.63) is 17.1 Å². The zero-order chi connectivity index (χ0) is 17.2. The number of esters is 1. The fraction of sp³-hybridized carbons (Fsp3) is 0.667. The summed E-state index contributed by atoms with van der Waals surface area (Å²) in [7, 11) is -0.660. The molecule has 1 fully saturated rings. The summed E-state index contributed by atoms with van der Waals surface area (Å²) in [4.78, 5) is 11.9. The lowest BCUT2D eigenvalue weighted by Crippen LogP contribution is -2.40. The van der Waals surface area contributed by atoms with Gasteiger partial charge in [-0.25, -0.2) is 13.2 Å². The minimum absolute atomic E-state index is 0. The maximum atomic E-state index is 13.0. The number of piperidine rings is 1. The molecule has 9 heteroatoms. The second-order valence-corrected chi connectivity index (χ2v) is 7.69. The van der Waals surface area contributed by atoms with Crippen molar-refractivity contribution in [2.75, 3.05) is 33.8 Å². The number of carbonyl (C=O) groups is 1. The van der Waals surface area contributed by atoms with Gasteiger partial charge in [0.15, 0.2) is 0 Å². The van der Waals surface area contributed by atoms with Crippen LogP contribution in [0.15, 0.2) is 9.31 Å². The van der Waals surface area contributed by atoms with Crippen molar-refractivity contribution in [1.29, 1.82) is 0 Å². The molecule has 2 rings (SSSR count). The van der Waals surface area contributed by atoms with E-state index in [-0.39, 0.29) is 34.4 Å². The molecule has 0 amide bonds. The number of carbonyl (C=O) groups excluding carboxylic acids is 1. The predicted octanol–water partition coefficient (Wildman–Crippen LogP) is 1.72. The van der Waals surface area contributed by atoms with Crippen LogP contribution in [0.5, 0.6) is 0 Å². The van der Waals surface area contributed by atoms with Crippen LogP contribution in [-0.2, 0) is 14.8 Å².